The molecule has 3 rings (SSSR count). The summed E-state index contributed by atoms with van der Waals surface area (Å²) in [5.74, 6) is 1.57. The van der Waals surface area contributed by atoms with E-state index in [1.165, 1.54) is 10.8 Å². The van der Waals surface area contributed by atoms with Gasteiger partial charge < -0.3 is 20.7 Å². The molecule has 3 N–H and O–H groups in total. The molecule has 0 radical (unpaired) electrons. The molecule has 0 aliphatic heterocycles. The number of benzene rings is 3. The van der Waals surface area contributed by atoms with Crippen LogP contribution in [0.3, 0.4) is 0 Å². The van der Waals surface area contributed by atoms with Crippen LogP contribution >= 0.6 is 24.0 Å². The smallest absolute Gasteiger partial charge is 0.251 e. The van der Waals surface area contributed by atoms with Crippen molar-refractivity contribution in [2.75, 3.05) is 26.7 Å². The van der Waals surface area contributed by atoms with Crippen molar-refractivity contribution in [2.24, 2.45) is 4.99 Å². The van der Waals surface area contributed by atoms with E-state index < -0.39 is 0 Å². The Morgan fingerprint density at radius 3 is 2.41 bits per heavy atom. The molecule has 1 amide bonds. The summed E-state index contributed by atoms with van der Waals surface area (Å²) in [6, 6.07) is 22.0. The first-order chi connectivity index (χ1) is 15.2. The van der Waals surface area contributed by atoms with Crippen molar-refractivity contribution in [1.29, 1.82) is 0 Å². The van der Waals surface area contributed by atoms with E-state index in [0.29, 0.717) is 25.3 Å². The third-order valence-electron chi connectivity index (χ3n) is 4.84. The second-order valence-corrected chi connectivity index (χ2v) is 7.12. The molecule has 0 saturated carbocycles. The average Bonchev–Trinajstić information content (AvgIpc) is 2.81. The summed E-state index contributed by atoms with van der Waals surface area (Å²) >= 11 is 0. The summed E-state index contributed by atoms with van der Waals surface area (Å²) in [7, 11) is 1.75. The van der Waals surface area contributed by atoms with Gasteiger partial charge in [0, 0.05) is 32.2 Å². The summed E-state index contributed by atoms with van der Waals surface area (Å²) in [5.41, 5.74) is 1.75. The first-order valence-electron chi connectivity index (χ1n) is 10.6. The van der Waals surface area contributed by atoms with E-state index in [1.807, 2.05) is 49.4 Å². The topological polar surface area (TPSA) is 74.8 Å². The number of carbonyl (C=O) groups excluding carboxylic acids is 1. The molecule has 32 heavy (non-hydrogen) atoms. The van der Waals surface area contributed by atoms with E-state index in [1.54, 1.807) is 7.05 Å². The van der Waals surface area contributed by atoms with Crippen molar-refractivity contribution >= 4 is 46.6 Å². The summed E-state index contributed by atoms with van der Waals surface area (Å²) in [5, 5.41) is 11.8. The van der Waals surface area contributed by atoms with Crippen LogP contribution in [0.25, 0.3) is 10.8 Å². The lowest BCUT2D eigenvalue weighted by Crippen LogP contribution is -2.37. The van der Waals surface area contributed by atoms with Crippen molar-refractivity contribution in [3.8, 4) is 5.75 Å². The highest BCUT2D eigenvalue weighted by Gasteiger charge is 2.04. The van der Waals surface area contributed by atoms with Crippen LogP contribution in [0.2, 0.25) is 0 Å². The Hall–Kier alpha value is -2.81. The van der Waals surface area contributed by atoms with Gasteiger partial charge in [0.15, 0.2) is 5.96 Å². The zero-order chi connectivity index (χ0) is 21.9. The number of ether oxygens (including phenoxy) is 1. The zero-order valence-electron chi connectivity index (χ0n) is 18.6. The SMILES string of the molecule is CCNC(=O)c1ccc(CNC(=NC)NCCCOc2ccc3ccccc3c2)cc1.I. The normalized spacial score (nSPS) is 10.9. The van der Waals surface area contributed by atoms with Crippen molar-refractivity contribution in [2.45, 2.75) is 19.9 Å². The lowest BCUT2D eigenvalue weighted by Gasteiger charge is -2.13. The zero-order valence-corrected chi connectivity index (χ0v) is 20.9. The van der Waals surface area contributed by atoms with Crippen LogP contribution in [0.5, 0.6) is 5.75 Å². The highest BCUT2D eigenvalue weighted by atomic mass is 127. The van der Waals surface area contributed by atoms with Crippen LogP contribution in [0.15, 0.2) is 71.7 Å². The van der Waals surface area contributed by atoms with Gasteiger partial charge in [-0.15, -0.1) is 24.0 Å². The molecule has 7 heteroatoms. The predicted molar refractivity (Wildman–Crippen MR) is 142 cm³/mol. The Morgan fingerprint density at radius 1 is 0.938 bits per heavy atom. The van der Waals surface area contributed by atoms with Gasteiger partial charge in [-0.05, 0) is 53.9 Å². The predicted octanol–water partition coefficient (Wildman–Crippen LogP) is 4.34. The fourth-order valence-corrected chi connectivity index (χ4v) is 3.17. The molecule has 0 fully saturated rings. The fourth-order valence-electron chi connectivity index (χ4n) is 3.17. The van der Waals surface area contributed by atoms with Crippen molar-refractivity contribution in [3.05, 3.63) is 77.9 Å². The number of fused-ring (bicyclic) bond motifs is 1. The van der Waals surface area contributed by atoms with Crippen LogP contribution in [0.1, 0.15) is 29.3 Å². The van der Waals surface area contributed by atoms with E-state index >= 15 is 0 Å². The Balaban J connectivity index is 0.00000363. The number of carbonyl (C=O) groups is 1. The third-order valence-corrected chi connectivity index (χ3v) is 4.84. The minimum atomic E-state index is -0.0506. The minimum Gasteiger partial charge on any atom is -0.494 e. The molecule has 0 heterocycles. The lowest BCUT2D eigenvalue weighted by atomic mass is 10.1. The highest BCUT2D eigenvalue weighted by Crippen LogP contribution is 2.20. The van der Waals surface area contributed by atoms with Gasteiger partial charge in [0.05, 0.1) is 6.61 Å². The number of guanidine groups is 1. The van der Waals surface area contributed by atoms with Crippen molar-refractivity contribution in [1.82, 2.24) is 16.0 Å². The van der Waals surface area contributed by atoms with Crippen LogP contribution in [0, 0.1) is 0 Å². The molecular weight excluding hydrogens is 515 g/mol. The maximum atomic E-state index is 11.8. The van der Waals surface area contributed by atoms with Crippen LogP contribution in [-0.4, -0.2) is 38.6 Å². The van der Waals surface area contributed by atoms with Gasteiger partial charge in [-0.3, -0.25) is 9.79 Å². The Kier molecular flexibility index (Phi) is 10.8. The van der Waals surface area contributed by atoms with Gasteiger partial charge >= 0.3 is 0 Å². The van der Waals surface area contributed by atoms with E-state index in [0.717, 1.165) is 30.2 Å². The number of rotatable bonds is 9. The largest absolute Gasteiger partial charge is 0.494 e. The summed E-state index contributed by atoms with van der Waals surface area (Å²) in [4.78, 5) is 16.1. The molecule has 0 saturated heterocycles. The van der Waals surface area contributed by atoms with Crippen LogP contribution in [-0.2, 0) is 6.54 Å². The quantitative estimate of drug-likeness (QED) is 0.162. The molecule has 0 atom stereocenters. The molecular formula is C25H31IN4O2. The number of nitrogens with zero attached hydrogens (tertiary/aromatic N) is 1. The van der Waals surface area contributed by atoms with Gasteiger partial charge in [0.25, 0.3) is 5.91 Å². The minimum absolute atomic E-state index is 0. The summed E-state index contributed by atoms with van der Waals surface area (Å²) in [6.45, 7) is 4.54. The van der Waals surface area contributed by atoms with Gasteiger partial charge in [0.2, 0.25) is 0 Å². The number of nitrogens with one attached hydrogen (secondary N) is 3. The van der Waals surface area contributed by atoms with Gasteiger partial charge in [-0.1, -0.05) is 42.5 Å². The van der Waals surface area contributed by atoms with E-state index in [-0.39, 0.29) is 29.9 Å². The molecule has 3 aromatic carbocycles. The maximum Gasteiger partial charge on any atom is 0.251 e. The number of amides is 1. The number of aliphatic imine (C=N–C) groups is 1. The molecule has 3 aromatic rings. The number of hydrogen-bond donors (Lipinski definition) is 3. The van der Waals surface area contributed by atoms with Gasteiger partial charge in [-0.25, -0.2) is 0 Å². The molecule has 0 unspecified atom stereocenters. The average molecular weight is 546 g/mol. The van der Waals surface area contributed by atoms with E-state index in [2.05, 4.69) is 45.2 Å². The lowest BCUT2D eigenvalue weighted by molar-refractivity contribution is 0.0956. The second-order valence-electron chi connectivity index (χ2n) is 7.12. The van der Waals surface area contributed by atoms with Crippen molar-refractivity contribution < 1.29 is 9.53 Å². The maximum absolute atomic E-state index is 11.8. The standard InChI is InChI=1S/C25H30N4O2.HI/c1-3-27-24(30)21-11-9-19(10-12-21)18-29-25(26-2)28-15-6-16-31-23-14-13-20-7-4-5-8-22(20)17-23;/h4-5,7-14,17H,3,6,15-16,18H2,1-2H3,(H,27,30)(H2,26,28,29);1H. The summed E-state index contributed by atoms with van der Waals surface area (Å²) < 4.78 is 5.87. The molecule has 0 spiro atoms. The molecule has 170 valence electrons. The molecule has 0 bridgehead atoms. The molecule has 6 nitrogen and oxygen atoms in total. The van der Waals surface area contributed by atoms with Crippen LogP contribution in [0.4, 0.5) is 0 Å². The van der Waals surface area contributed by atoms with E-state index in [4.69, 9.17) is 4.74 Å². The molecule has 0 aliphatic carbocycles. The monoisotopic (exact) mass is 546 g/mol. The highest BCUT2D eigenvalue weighted by molar-refractivity contribution is 14.0. The first-order valence-corrected chi connectivity index (χ1v) is 10.6. The van der Waals surface area contributed by atoms with Gasteiger partial charge in [0.1, 0.15) is 5.75 Å². The van der Waals surface area contributed by atoms with Crippen LogP contribution < -0.4 is 20.7 Å². The first kappa shape index (κ1) is 25.5. The molecule has 0 aliphatic rings. The third kappa shape index (κ3) is 7.71. The van der Waals surface area contributed by atoms with Gasteiger partial charge in [-0.2, -0.15) is 0 Å². The molecule has 0 aromatic heterocycles. The second kappa shape index (κ2) is 13.6. The van der Waals surface area contributed by atoms with Crippen molar-refractivity contribution in [3.63, 3.8) is 0 Å². The Morgan fingerprint density at radius 2 is 1.69 bits per heavy atom. The fraction of sp³-hybridized carbons (Fsp3) is 0.280. The Labute approximate surface area is 206 Å². The number of hydrogen-bond acceptors (Lipinski definition) is 3. The number of halogens is 1. The Bertz CT molecular complexity index is 1020. The van der Waals surface area contributed by atoms with E-state index in [9.17, 15) is 4.79 Å². The summed E-state index contributed by atoms with van der Waals surface area (Å²) in [6.07, 6.45) is 0.856.